The molecule has 22 heavy (non-hydrogen) atoms. The van der Waals surface area contributed by atoms with Crippen molar-refractivity contribution in [2.75, 3.05) is 18.2 Å². The van der Waals surface area contributed by atoms with Crippen molar-refractivity contribution in [3.63, 3.8) is 0 Å². The van der Waals surface area contributed by atoms with Crippen molar-refractivity contribution >= 4 is 37.1 Å². The molecule has 0 radical (unpaired) electrons. The minimum Gasteiger partial charge on any atom is -0.452 e. The van der Waals surface area contributed by atoms with Crippen LogP contribution in [0.3, 0.4) is 0 Å². The molecule has 0 aliphatic heterocycles. The van der Waals surface area contributed by atoms with Crippen LogP contribution in [-0.2, 0) is 16.4 Å². The number of nitro benzene ring substituents is 1. The molecule has 0 unspecified atom stereocenters. The normalized spacial score (nSPS) is 11.4. The van der Waals surface area contributed by atoms with Crippen LogP contribution in [0.5, 0.6) is 0 Å². The van der Waals surface area contributed by atoms with E-state index in [4.69, 9.17) is 4.42 Å². The molecule has 0 fully saturated rings. The van der Waals surface area contributed by atoms with Crippen molar-refractivity contribution in [1.29, 1.82) is 0 Å². The first kappa shape index (κ1) is 16.5. The minimum absolute atomic E-state index is 0.209. The Morgan fingerprint density at radius 3 is 2.50 bits per heavy atom. The number of benzene rings is 1. The molecule has 1 aromatic carbocycles. The summed E-state index contributed by atoms with van der Waals surface area (Å²) in [6.45, 7) is 0.264. The van der Waals surface area contributed by atoms with Crippen LogP contribution in [0.25, 0.3) is 0 Å². The first-order valence-electron chi connectivity index (χ1n) is 6.13. The summed E-state index contributed by atoms with van der Waals surface area (Å²) < 4.78 is 29.4. The number of nitro groups is 1. The summed E-state index contributed by atoms with van der Waals surface area (Å²) in [4.78, 5) is 11.9. The van der Waals surface area contributed by atoms with Gasteiger partial charge in [-0.05, 0) is 40.2 Å². The zero-order valence-electron chi connectivity index (χ0n) is 11.8. The Labute approximate surface area is 135 Å². The summed E-state index contributed by atoms with van der Waals surface area (Å²) in [7, 11) is -2.07. The zero-order valence-corrected chi connectivity index (χ0v) is 14.2. The number of sulfone groups is 1. The van der Waals surface area contributed by atoms with Crippen LogP contribution < -0.4 is 4.90 Å². The number of rotatable bonds is 5. The molecule has 0 bridgehead atoms. The summed E-state index contributed by atoms with van der Waals surface area (Å²) in [6, 6.07) is 7.66. The lowest BCUT2D eigenvalue weighted by Gasteiger charge is -2.18. The summed E-state index contributed by atoms with van der Waals surface area (Å²) in [5, 5.41) is 11.3. The number of para-hydroxylation sites is 1. The number of hydrogen-bond donors (Lipinski definition) is 0. The Bertz CT molecular complexity index is 816. The predicted molar refractivity (Wildman–Crippen MR) is 84.7 cm³/mol. The smallest absolute Gasteiger partial charge is 0.311 e. The van der Waals surface area contributed by atoms with Gasteiger partial charge in [-0.2, -0.15) is 0 Å². The number of nitrogens with zero attached hydrogens (tertiary/aromatic N) is 2. The molecule has 9 heteroatoms. The molecule has 7 nitrogen and oxygen atoms in total. The first-order chi connectivity index (χ1) is 10.2. The van der Waals surface area contributed by atoms with Crippen molar-refractivity contribution < 1.29 is 17.8 Å². The molecule has 1 heterocycles. The molecule has 118 valence electrons. The maximum absolute atomic E-state index is 11.7. The number of furan rings is 1. The van der Waals surface area contributed by atoms with Crippen LogP contribution in [0.15, 0.2) is 44.3 Å². The van der Waals surface area contributed by atoms with Gasteiger partial charge in [0.1, 0.15) is 16.3 Å². The van der Waals surface area contributed by atoms with E-state index in [0.717, 1.165) is 6.26 Å². The molecule has 0 aliphatic carbocycles. The van der Waals surface area contributed by atoms with Crippen LogP contribution >= 0.6 is 15.9 Å². The van der Waals surface area contributed by atoms with Gasteiger partial charge < -0.3 is 9.32 Å². The van der Waals surface area contributed by atoms with E-state index >= 15 is 0 Å². The van der Waals surface area contributed by atoms with E-state index in [2.05, 4.69) is 15.9 Å². The second kappa shape index (κ2) is 6.09. The second-order valence-corrected chi connectivity index (χ2v) is 7.48. The maximum atomic E-state index is 11.7. The van der Waals surface area contributed by atoms with Gasteiger partial charge in [0, 0.05) is 13.3 Å². The Morgan fingerprint density at radius 1 is 1.32 bits per heavy atom. The molecular formula is C13H13BrN2O5S. The molecule has 0 atom stereocenters. The monoisotopic (exact) mass is 388 g/mol. The fraction of sp³-hybridized carbons (Fsp3) is 0.231. The van der Waals surface area contributed by atoms with E-state index in [1.165, 1.54) is 18.2 Å². The van der Waals surface area contributed by atoms with Crippen molar-refractivity contribution in [2.45, 2.75) is 11.4 Å². The quantitative estimate of drug-likeness (QED) is 0.577. The third-order valence-electron chi connectivity index (χ3n) is 2.99. The van der Waals surface area contributed by atoms with Crippen molar-refractivity contribution in [1.82, 2.24) is 0 Å². The lowest BCUT2D eigenvalue weighted by atomic mass is 10.2. The zero-order chi connectivity index (χ0) is 16.5. The fourth-order valence-electron chi connectivity index (χ4n) is 2.06. The highest BCUT2D eigenvalue weighted by atomic mass is 79.9. The summed E-state index contributed by atoms with van der Waals surface area (Å²) >= 11 is 3.18. The molecule has 2 aromatic rings. The molecule has 2 rings (SSSR count). The minimum atomic E-state index is -3.70. The third-order valence-corrected chi connectivity index (χ3v) is 4.55. The van der Waals surface area contributed by atoms with Crippen LogP contribution in [0.2, 0.25) is 0 Å². The molecular weight excluding hydrogens is 376 g/mol. The van der Waals surface area contributed by atoms with E-state index in [-0.39, 0.29) is 17.1 Å². The molecule has 0 saturated carbocycles. The van der Waals surface area contributed by atoms with Gasteiger partial charge in [0.05, 0.1) is 11.5 Å². The Kier molecular flexibility index (Phi) is 4.57. The SMILES string of the molecule is CN(Cc1ccc(Br)o1)c1cccc(S(C)(=O)=O)c1[N+](=O)[O-]. The summed E-state index contributed by atoms with van der Waals surface area (Å²) in [5.74, 6) is 0.591. The number of anilines is 1. The Hall–Kier alpha value is -1.87. The van der Waals surface area contributed by atoms with Crippen molar-refractivity contribution in [3.05, 3.63) is 50.9 Å². The van der Waals surface area contributed by atoms with Gasteiger partial charge in [-0.25, -0.2) is 8.42 Å². The highest BCUT2D eigenvalue weighted by Gasteiger charge is 2.28. The third kappa shape index (κ3) is 3.47. The van der Waals surface area contributed by atoms with Crippen LogP contribution in [-0.4, -0.2) is 26.6 Å². The average Bonchev–Trinajstić information content (AvgIpc) is 2.82. The van der Waals surface area contributed by atoms with Gasteiger partial charge in [-0.3, -0.25) is 10.1 Å². The summed E-state index contributed by atoms with van der Waals surface area (Å²) in [5.41, 5.74) is -0.224. The predicted octanol–water partition coefficient (Wildman–Crippen LogP) is 2.99. The van der Waals surface area contributed by atoms with Gasteiger partial charge in [0.25, 0.3) is 0 Å². The molecule has 0 N–H and O–H groups in total. The largest absolute Gasteiger partial charge is 0.452 e. The Morgan fingerprint density at radius 2 is 2.00 bits per heavy atom. The molecule has 0 aliphatic rings. The standard InChI is InChI=1S/C13H13BrN2O5S/c1-15(8-9-6-7-12(14)21-9)10-4-3-5-11(22(2,19)20)13(10)16(17)18/h3-7H,8H2,1-2H3. The van der Waals surface area contributed by atoms with Gasteiger partial charge in [-0.1, -0.05) is 6.07 Å². The van der Waals surface area contributed by atoms with Gasteiger partial charge >= 0.3 is 5.69 Å². The molecule has 1 aromatic heterocycles. The van der Waals surface area contributed by atoms with Crippen molar-refractivity contribution in [2.24, 2.45) is 0 Å². The van der Waals surface area contributed by atoms with E-state index < -0.39 is 20.4 Å². The number of hydrogen-bond acceptors (Lipinski definition) is 6. The lowest BCUT2D eigenvalue weighted by Crippen LogP contribution is -2.18. The average molecular weight is 389 g/mol. The maximum Gasteiger partial charge on any atom is 0.311 e. The van der Waals surface area contributed by atoms with Crippen LogP contribution in [0.4, 0.5) is 11.4 Å². The molecule has 0 amide bonds. The van der Waals surface area contributed by atoms with Gasteiger partial charge in [0.15, 0.2) is 14.5 Å². The van der Waals surface area contributed by atoms with E-state index in [9.17, 15) is 18.5 Å². The van der Waals surface area contributed by atoms with Crippen LogP contribution in [0.1, 0.15) is 5.76 Å². The van der Waals surface area contributed by atoms with E-state index in [0.29, 0.717) is 10.4 Å². The van der Waals surface area contributed by atoms with E-state index in [1.807, 2.05) is 0 Å². The Balaban J connectivity index is 2.48. The second-order valence-electron chi connectivity index (χ2n) is 4.72. The van der Waals surface area contributed by atoms with E-state index in [1.54, 1.807) is 24.1 Å². The fourth-order valence-corrected chi connectivity index (χ4v) is 3.25. The van der Waals surface area contributed by atoms with Crippen molar-refractivity contribution in [3.8, 4) is 0 Å². The molecule has 0 spiro atoms. The van der Waals surface area contributed by atoms with Crippen LogP contribution in [0, 0.1) is 10.1 Å². The topological polar surface area (TPSA) is 93.7 Å². The highest BCUT2D eigenvalue weighted by Crippen LogP contribution is 2.34. The summed E-state index contributed by atoms with van der Waals surface area (Å²) in [6.07, 6.45) is 0.947. The van der Waals surface area contributed by atoms with Gasteiger partial charge in [-0.15, -0.1) is 0 Å². The highest BCUT2D eigenvalue weighted by molar-refractivity contribution is 9.10. The number of halogens is 1. The molecule has 0 saturated heterocycles. The lowest BCUT2D eigenvalue weighted by molar-refractivity contribution is -0.387. The van der Waals surface area contributed by atoms with Gasteiger partial charge in [0.2, 0.25) is 0 Å². The first-order valence-corrected chi connectivity index (χ1v) is 8.81.